The highest BCUT2D eigenvalue weighted by Crippen LogP contribution is 2.41. The van der Waals surface area contributed by atoms with Crippen LogP contribution in [0.4, 0.5) is 5.69 Å². The van der Waals surface area contributed by atoms with Gasteiger partial charge in [0.25, 0.3) is 5.91 Å². The molecule has 1 atom stereocenters. The summed E-state index contributed by atoms with van der Waals surface area (Å²) in [5, 5.41) is 14.9. The van der Waals surface area contributed by atoms with Gasteiger partial charge in [-0.1, -0.05) is 54.1 Å². The Bertz CT molecular complexity index is 1350. The van der Waals surface area contributed by atoms with Crippen LogP contribution in [-0.2, 0) is 11.3 Å². The van der Waals surface area contributed by atoms with E-state index in [-0.39, 0.29) is 17.7 Å². The van der Waals surface area contributed by atoms with Gasteiger partial charge in [-0.25, -0.2) is 0 Å². The topological polar surface area (TPSA) is 52.6 Å². The van der Waals surface area contributed by atoms with E-state index in [0.717, 1.165) is 36.8 Å². The highest BCUT2D eigenvalue weighted by Gasteiger charge is 2.29. The molecule has 6 heteroatoms. The molecule has 32 heavy (non-hydrogen) atoms. The SMILES string of the molecule is CC1c2cc(O)ccc2C(C(=O)Nc2ccccc2)=CN1Cc1sc2ccccc2c1Cl. The molecule has 2 heterocycles. The zero-order valence-corrected chi connectivity index (χ0v) is 19.0. The molecule has 1 aliphatic heterocycles. The first-order valence-electron chi connectivity index (χ1n) is 10.3. The summed E-state index contributed by atoms with van der Waals surface area (Å²) in [6, 6.07) is 22.6. The van der Waals surface area contributed by atoms with Gasteiger partial charge in [0.2, 0.25) is 0 Å². The van der Waals surface area contributed by atoms with Crippen LogP contribution in [0.25, 0.3) is 15.7 Å². The normalized spacial score (nSPS) is 15.4. The number of benzene rings is 3. The minimum Gasteiger partial charge on any atom is -0.508 e. The van der Waals surface area contributed by atoms with E-state index in [9.17, 15) is 9.90 Å². The van der Waals surface area contributed by atoms with E-state index in [2.05, 4.69) is 23.2 Å². The van der Waals surface area contributed by atoms with Crippen molar-refractivity contribution in [3.8, 4) is 5.75 Å². The van der Waals surface area contributed by atoms with Crippen molar-refractivity contribution in [1.82, 2.24) is 4.90 Å². The van der Waals surface area contributed by atoms with E-state index >= 15 is 0 Å². The summed E-state index contributed by atoms with van der Waals surface area (Å²) in [7, 11) is 0. The lowest BCUT2D eigenvalue weighted by atomic mass is 9.91. The molecule has 1 amide bonds. The van der Waals surface area contributed by atoms with Gasteiger partial charge in [0.15, 0.2) is 0 Å². The maximum Gasteiger partial charge on any atom is 0.257 e. The van der Waals surface area contributed by atoms with Gasteiger partial charge in [0, 0.05) is 26.9 Å². The molecule has 1 unspecified atom stereocenters. The van der Waals surface area contributed by atoms with Crippen LogP contribution >= 0.6 is 22.9 Å². The molecular formula is C26H21ClN2O2S. The number of hydrogen-bond acceptors (Lipinski definition) is 4. The van der Waals surface area contributed by atoms with Crippen molar-refractivity contribution < 1.29 is 9.90 Å². The Morgan fingerprint density at radius 3 is 2.62 bits per heavy atom. The van der Waals surface area contributed by atoms with Gasteiger partial charge in [-0.15, -0.1) is 11.3 Å². The molecule has 4 aromatic rings. The standard InChI is InChI=1S/C26H21ClN2O2S/c1-16-21-13-18(30)11-12-19(21)22(26(31)28-17-7-3-2-4-8-17)14-29(16)15-24-25(27)20-9-5-6-10-23(20)32-24/h2-14,16,30H,15H2,1H3,(H,28,31). The maximum absolute atomic E-state index is 13.2. The fourth-order valence-electron chi connectivity index (χ4n) is 4.08. The average molecular weight is 461 g/mol. The predicted molar refractivity (Wildman–Crippen MR) is 132 cm³/mol. The van der Waals surface area contributed by atoms with Crippen LogP contribution in [0.15, 0.2) is 79.0 Å². The number of hydrogen-bond donors (Lipinski definition) is 2. The first-order valence-corrected chi connectivity index (χ1v) is 11.5. The lowest BCUT2D eigenvalue weighted by Gasteiger charge is -2.34. The molecule has 1 aliphatic rings. The van der Waals surface area contributed by atoms with Gasteiger partial charge in [-0.3, -0.25) is 4.79 Å². The first-order chi connectivity index (χ1) is 15.5. The summed E-state index contributed by atoms with van der Waals surface area (Å²) in [5.41, 5.74) is 3.01. The van der Waals surface area contributed by atoms with Crippen molar-refractivity contribution in [2.75, 3.05) is 5.32 Å². The van der Waals surface area contributed by atoms with Crippen LogP contribution in [0, 0.1) is 0 Å². The number of anilines is 1. The number of halogens is 1. The smallest absolute Gasteiger partial charge is 0.257 e. The third kappa shape index (κ3) is 3.74. The van der Waals surface area contributed by atoms with Crippen LogP contribution in [0.3, 0.4) is 0 Å². The predicted octanol–water partition coefficient (Wildman–Crippen LogP) is 6.82. The number of nitrogens with zero attached hydrogens (tertiary/aromatic N) is 1. The highest BCUT2D eigenvalue weighted by molar-refractivity contribution is 7.19. The summed E-state index contributed by atoms with van der Waals surface area (Å²) >= 11 is 8.36. The summed E-state index contributed by atoms with van der Waals surface area (Å²) in [5.74, 6) is -0.0114. The Morgan fingerprint density at radius 2 is 1.84 bits per heavy atom. The number of aromatic hydroxyl groups is 1. The van der Waals surface area contributed by atoms with Crippen LogP contribution in [-0.4, -0.2) is 15.9 Å². The van der Waals surface area contributed by atoms with Crippen LogP contribution in [0.5, 0.6) is 5.75 Å². The van der Waals surface area contributed by atoms with E-state index in [0.29, 0.717) is 12.1 Å². The van der Waals surface area contributed by atoms with Crippen molar-refractivity contribution in [3.63, 3.8) is 0 Å². The monoisotopic (exact) mass is 460 g/mol. The second-order valence-electron chi connectivity index (χ2n) is 7.82. The molecular weight excluding hydrogens is 440 g/mol. The van der Waals surface area contributed by atoms with E-state index < -0.39 is 0 Å². The van der Waals surface area contributed by atoms with Crippen molar-refractivity contribution in [3.05, 3.63) is 100 Å². The zero-order chi connectivity index (χ0) is 22.2. The van der Waals surface area contributed by atoms with Gasteiger partial charge in [-0.05, 0) is 48.4 Å². The number of fused-ring (bicyclic) bond motifs is 2. The number of nitrogens with one attached hydrogen (secondary N) is 1. The summed E-state index contributed by atoms with van der Waals surface area (Å²) < 4.78 is 1.14. The molecule has 0 radical (unpaired) electrons. The Kier molecular flexibility index (Phi) is 5.37. The van der Waals surface area contributed by atoms with Crippen molar-refractivity contribution in [2.45, 2.75) is 19.5 Å². The molecule has 0 bridgehead atoms. The first kappa shape index (κ1) is 20.6. The minimum atomic E-state index is -0.192. The third-order valence-corrected chi connectivity index (χ3v) is 7.47. The Morgan fingerprint density at radius 1 is 1.09 bits per heavy atom. The molecule has 0 spiro atoms. The quantitative estimate of drug-likeness (QED) is 0.351. The van der Waals surface area contributed by atoms with Gasteiger partial charge < -0.3 is 15.3 Å². The molecule has 1 aromatic heterocycles. The number of thiophene rings is 1. The Hall–Kier alpha value is -3.28. The fourth-order valence-corrected chi connectivity index (χ4v) is 5.58. The van der Waals surface area contributed by atoms with Gasteiger partial charge in [-0.2, -0.15) is 0 Å². The van der Waals surface area contributed by atoms with Crippen LogP contribution < -0.4 is 5.32 Å². The fraction of sp³-hybridized carbons (Fsp3) is 0.115. The van der Waals surface area contributed by atoms with Crippen molar-refractivity contribution in [2.24, 2.45) is 0 Å². The van der Waals surface area contributed by atoms with Crippen molar-refractivity contribution >= 4 is 50.2 Å². The molecule has 0 saturated heterocycles. The van der Waals surface area contributed by atoms with Gasteiger partial charge in [0.05, 0.1) is 23.2 Å². The molecule has 3 aromatic carbocycles. The number of carbonyl (C=O) groups is 1. The van der Waals surface area contributed by atoms with Crippen molar-refractivity contribution in [1.29, 1.82) is 0 Å². The second kappa shape index (κ2) is 8.34. The van der Waals surface area contributed by atoms with Gasteiger partial charge in [0.1, 0.15) is 5.75 Å². The maximum atomic E-state index is 13.2. The number of amides is 1. The summed E-state index contributed by atoms with van der Waals surface area (Å²) in [4.78, 5) is 16.4. The third-order valence-electron chi connectivity index (χ3n) is 5.77. The molecule has 2 N–H and O–H groups in total. The average Bonchev–Trinajstić information content (AvgIpc) is 3.12. The lowest BCUT2D eigenvalue weighted by Crippen LogP contribution is -2.28. The van der Waals surface area contributed by atoms with E-state index in [1.807, 2.05) is 54.7 Å². The molecule has 0 aliphatic carbocycles. The molecule has 0 fully saturated rings. The molecule has 5 rings (SSSR count). The molecule has 0 saturated carbocycles. The van der Waals surface area contributed by atoms with E-state index in [1.165, 1.54) is 0 Å². The van der Waals surface area contributed by atoms with Crippen LogP contribution in [0.1, 0.15) is 29.0 Å². The molecule has 160 valence electrons. The summed E-state index contributed by atoms with van der Waals surface area (Å²) in [6.45, 7) is 2.64. The summed E-state index contributed by atoms with van der Waals surface area (Å²) in [6.07, 6.45) is 1.91. The zero-order valence-electron chi connectivity index (χ0n) is 17.4. The second-order valence-corrected chi connectivity index (χ2v) is 9.33. The number of phenolic OH excluding ortho intramolecular Hbond substituents is 1. The van der Waals surface area contributed by atoms with E-state index in [1.54, 1.807) is 29.5 Å². The Labute approximate surface area is 195 Å². The lowest BCUT2D eigenvalue weighted by molar-refractivity contribution is -0.111. The number of carbonyl (C=O) groups excluding carboxylic acids is 1. The highest BCUT2D eigenvalue weighted by atomic mass is 35.5. The van der Waals surface area contributed by atoms with E-state index in [4.69, 9.17) is 11.6 Å². The van der Waals surface area contributed by atoms with Crippen LogP contribution in [0.2, 0.25) is 5.02 Å². The minimum absolute atomic E-state index is 0.0355. The Balaban J connectivity index is 1.54. The number of rotatable bonds is 4. The number of phenols is 1. The molecule has 4 nitrogen and oxygen atoms in total. The largest absolute Gasteiger partial charge is 0.508 e. The van der Waals surface area contributed by atoms with Gasteiger partial charge >= 0.3 is 0 Å². The number of para-hydroxylation sites is 1.